The number of benzene rings is 4. The van der Waals surface area contributed by atoms with E-state index in [0.717, 1.165) is 107 Å². The minimum atomic E-state index is -0.609. The summed E-state index contributed by atoms with van der Waals surface area (Å²) in [6.07, 6.45) is 11.3. The molecule has 7 aromatic rings. The molecule has 3 aromatic heterocycles. The lowest BCUT2D eigenvalue weighted by atomic mass is 9.88. The van der Waals surface area contributed by atoms with E-state index in [-0.39, 0.29) is 0 Å². The van der Waals surface area contributed by atoms with E-state index in [1.807, 2.05) is 48.5 Å². The van der Waals surface area contributed by atoms with Gasteiger partial charge in [0, 0.05) is 50.3 Å². The molecular formula is C55H42N6O2. The van der Waals surface area contributed by atoms with E-state index in [1.165, 1.54) is 12.7 Å². The number of aliphatic imine (C=N–C) groups is 3. The molecule has 1 atom stereocenters. The molecule has 1 unspecified atom stereocenters. The number of carbonyl (C=O) groups is 1. The van der Waals surface area contributed by atoms with Gasteiger partial charge in [-0.15, -0.1) is 0 Å². The maximum atomic E-state index is 14.2. The van der Waals surface area contributed by atoms with Crippen molar-refractivity contribution in [3.05, 3.63) is 236 Å². The number of hydrogen-bond donors (Lipinski definition) is 3. The van der Waals surface area contributed by atoms with Crippen molar-refractivity contribution in [2.75, 3.05) is 7.11 Å². The van der Waals surface area contributed by atoms with E-state index < -0.39 is 12.0 Å². The van der Waals surface area contributed by atoms with E-state index >= 15 is 0 Å². The van der Waals surface area contributed by atoms with Crippen molar-refractivity contribution < 1.29 is 9.53 Å². The number of allylic oxidation sites excluding steroid dienone is 5. The first kappa shape index (κ1) is 37.9. The van der Waals surface area contributed by atoms with Gasteiger partial charge in [-0.25, -0.2) is 14.8 Å². The Bertz CT molecular complexity index is 3350. The second-order valence-electron chi connectivity index (χ2n) is 15.9. The fraction of sp³-hybridized carbons (Fsp3) is 0.0909. The van der Waals surface area contributed by atoms with Crippen molar-refractivity contribution in [3.8, 4) is 11.4 Å². The van der Waals surface area contributed by atoms with Crippen molar-refractivity contribution in [2.24, 2.45) is 15.0 Å². The minimum Gasteiger partial charge on any atom is -0.464 e. The highest BCUT2D eigenvalue weighted by Gasteiger charge is 2.42. The van der Waals surface area contributed by atoms with Gasteiger partial charge in [-0.1, -0.05) is 128 Å². The molecule has 3 N–H and O–H groups in total. The average Bonchev–Trinajstić information content (AvgIpc) is 4.21. The third-order valence-corrected chi connectivity index (χ3v) is 12.4. The summed E-state index contributed by atoms with van der Waals surface area (Å²) < 4.78 is 5.57. The first-order chi connectivity index (χ1) is 31.0. The third kappa shape index (κ3) is 6.29. The lowest BCUT2D eigenvalue weighted by Crippen LogP contribution is -2.21. The molecule has 0 saturated heterocycles. The molecule has 0 radical (unpaired) electrons. The Morgan fingerprint density at radius 2 is 1.14 bits per heavy atom. The van der Waals surface area contributed by atoms with Crippen LogP contribution in [0.15, 0.2) is 190 Å². The zero-order chi connectivity index (χ0) is 42.6. The Balaban J connectivity index is 1.33. The molecule has 0 saturated carbocycles. The van der Waals surface area contributed by atoms with E-state index in [9.17, 15) is 4.79 Å². The van der Waals surface area contributed by atoms with E-state index in [4.69, 9.17) is 19.7 Å². The number of nitrogens with one attached hydrogen (secondary N) is 3. The van der Waals surface area contributed by atoms with Crippen LogP contribution in [0.2, 0.25) is 0 Å². The Morgan fingerprint density at radius 3 is 1.68 bits per heavy atom. The number of H-pyrrole nitrogens is 3. The summed E-state index contributed by atoms with van der Waals surface area (Å²) in [7, 11) is 1.42. The molecule has 0 fully saturated rings. The summed E-state index contributed by atoms with van der Waals surface area (Å²) in [5, 5.41) is 1.85. The van der Waals surface area contributed by atoms with Crippen LogP contribution in [0.4, 0.5) is 0 Å². The monoisotopic (exact) mass is 818 g/mol. The highest BCUT2D eigenvalue weighted by molar-refractivity contribution is 6.38. The second-order valence-corrected chi connectivity index (χ2v) is 15.9. The Hall–Kier alpha value is -8.10. The van der Waals surface area contributed by atoms with Gasteiger partial charge in [0.1, 0.15) is 11.7 Å². The van der Waals surface area contributed by atoms with Gasteiger partial charge in [-0.2, -0.15) is 0 Å². The number of fused-ring (bicyclic) bond motifs is 8. The maximum Gasteiger partial charge on any atom is 0.355 e. The molecule has 0 spiro atoms. The van der Waals surface area contributed by atoms with Gasteiger partial charge in [0.05, 0.1) is 47.0 Å². The minimum absolute atomic E-state index is 0.326. The van der Waals surface area contributed by atoms with Crippen LogP contribution in [-0.2, 0) is 11.2 Å². The Kier molecular flexibility index (Phi) is 9.27. The van der Waals surface area contributed by atoms with Crippen molar-refractivity contribution in [2.45, 2.75) is 26.3 Å². The van der Waals surface area contributed by atoms with Gasteiger partial charge in [0.2, 0.25) is 0 Å². The molecule has 7 heterocycles. The zero-order valence-corrected chi connectivity index (χ0v) is 35.0. The van der Waals surface area contributed by atoms with Gasteiger partial charge < -0.3 is 19.7 Å². The summed E-state index contributed by atoms with van der Waals surface area (Å²) in [5.74, 6) is -0.487. The fourth-order valence-corrected chi connectivity index (χ4v) is 9.45. The number of aromatic amines is 3. The van der Waals surface area contributed by atoms with Crippen LogP contribution in [0.3, 0.4) is 0 Å². The molecule has 4 aromatic carbocycles. The van der Waals surface area contributed by atoms with Gasteiger partial charge >= 0.3 is 5.97 Å². The summed E-state index contributed by atoms with van der Waals surface area (Å²) >= 11 is 0. The van der Waals surface area contributed by atoms with E-state index in [1.54, 1.807) is 0 Å². The molecule has 0 amide bonds. The summed E-state index contributed by atoms with van der Waals surface area (Å²) in [6.45, 7) is 4.28. The first-order valence-electron chi connectivity index (χ1n) is 21.3. The molecule has 63 heavy (non-hydrogen) atoms. The topological polar surface area (TPSA) is 111 Å². The van der Waals surface area contributed by atoms with Gasteiger partial charge in [-0.3, -0.25) is 4.99 Å². The summed E-state index contributed by atoms with van der Waals surface area (Å²) in [4.78, 5) is 42.1. The van der Waals surface area contributed by atoms with Crippen LogP contribution in [0, 0.1) is 6.92 Å². The predicted octanol–water partition coefficient (Wildman–Crippen LogP) is 9.80. The molecule has 4 aliphatic rings. The molecule has 0 aliphatic carbocycles. The lowest BCUT2D eigenvalue weighted by Gasteiger charge is -2.18. The number of aromatic nitrogens is 3. The van der Waals surface area contributed by atoms with E-state index in [2.05, 4.69) is 144 Å². The Labute approximate surface area is 364 Å². The molecule has 8 bridgehead atoms. The SMILES string of the molecule is CCc1c[nH]c(-c2[nH]c(C(=O)OC)c3c2C2N=C3/C(c3ccccc3)=C3/C=CC(=N3)/C(c3ccccc3)=c3/cc/c([nH]3)=C(\c3ccccc3)C3=N/C(=C\2c2ccccc2)C=C3)c1C. The number of carbonyl (C=O) groups excluding carboxylic acids is 1. The quantitative estimate of drug-likeness (QED) is 0.139. The number of rotatable bonds is 7. The summed E-state index contributed by atoms with van der Waals surface area (Å²) in [6, 6.07) is 45.0. The molecule has 8 heteroatoms. The second kappa shape index (κ2) is 15.4. The van der Waals surface area contributed by atoms with Crippen LogP contribution >= 0.6 is 0 Å². The third-order valence-electron chi connectivity index (χ3n) is 12.4. The van der Waals surface area contributed by atoms with Gasteiger partial charge in [0.15, 0.2) is 0 Å². The summed E-state index contributed by atoms with van der Waals surface area (Å²) in [5.41, 5.74) is 17.2. The average molecular weight is 819 g/mol. The fourth-order valence-electron chi connectivity index (χ4n) is 9.45. The lowest BCUT2D eigenvalue weighted by molar-refractivity contribution is 0.0594. The molecular weight excluding hydrogens is 777 g/mol. The Morgan fingerprint density at radius 1 is 0.619 bits per heavy atom. The largest absolute Gasteiger partial charge is 0.464 e. The van der Waals surface area contributed by atoms with Crippen molar-refractivity contribution in [1.29, 1.82) is 0 Å². The number of methoxy groups -OCH3 is 1. The number of ether oxygens (including phenoxy) is 1. The molecule has 8 nitrogen and oxygen atoms in total. The van der Waals surface area contributed by atoms with Crippen LogP contribution in [0.1, 0.15) is 68.0 Å². The zero-order valence-electron chi connectivity index (χ0n) is 35.0. The first-order valence-corrected chi connectivity index (χ1v) is 21.3. The number of hydrogen-bond acceptors (Lipinski definition) is 5. The molecule has 11 rings (SSSR count). The predicted molar refractivity (Wildman–Crippen MR) is 253 cm³/mol. The number of aryl methyl sites for hydroxylation is 1. The smallest absolute Gasteiger partial charge is 0.355 e. The highest BCUT2D eigenvalue weighted by Crippen LogP contribution is 2.51. The number of esters is 1. The van der Waals surface area contributed by atoms with Crippen molar-refractivity contribution in [3.63, 3.8) is 0 Å². The molecule has 4 aliphatic heterocycles. The van der Waals surface area contributed by atoms with Gasteiger partial charge in [0.25, 0.3) is 0 Å². The van der Waals surface area contributed by atoms with Crippen molar-refractivity contribution in [1.82, 2.24) is 15.0 Å². The van der Waals surface area contributed by atoms with E-state index in [0.29, 0.717) is 17.0 Å². The standard InChI is InChI=1S/C55H42N6O2/c1-4-33-31-56-50(32(33)2)53-48-49(54(61-53)55(62)63-3)52-47(37-23-15-8-16-24-37)43-30-28-41(59-43)45(35-19-11-6-12-20-35)39-26-25-38(57-39)44(34-17-9-5-10-18-34)40-27-29-42(58-40)46(51(48)60-52)36-21-13-7-14-22-36/h5-31,51,56-57,61H,4H2,1-3H3/b44-38-,45-39-,46-42-,47-43-. The molecule has 304 valence electrons. The van der Waals surface area contributed by atoms with Crippen LogP contribution in [0.5, 0.6) is 0 Å². The highest BCUT2D eigenvalue weighted by atomic mass is 16.5. The maximum absolute atomic E-state index is 14.2. The van der Waals surface area contributed by atoms with Crippen LogP contribution < -0.4 is 10.7 Å². The normalized spacial score (nSPS) is 20.4. The number of nitrogens with zero attached hydrogens (tertiary/aromatic N) is 3. The van der Waals surface area contributed by atoms with Crippen LogP contribution in [0.25, 0.3) is 33.7 Å². The van der Waals surface area contributed by atoms with Gasteiger partial charge in [-0.05, 0) is 83.2 Å². The van der Waals surface area contributed by atoms with Crippen LogP contribution in [-0.4, -0.2) is 45.2 Å². The van der Waals surface area contributed by atoms with Crippen molar-refractivity contribution >= 4 is 45.4 Å².